The van der Waals surface area contributed by atoms with Crippen molar-refractivity contribution in [2.75, 3.05) is 13.2 Å². The Balaban J connectivity index is 1.52. The summed E-state index contributed by atoms with van der Waals surface area (Å²) in [5.41, 5.74) is 5.80. The molecule has 1 atom stereocenters. The molecule has 2 saturated carbocycles. The summed E-state index contributed by atoms with van der Waals surface area (Å²) in [6.45, 7) is 1.43. The highest BCUT2D eigenvalue weighted by molar-refractivity contribution is 5.33. The first-order valence-electron chi connectivity index (χ1n) is 8.45. The van der Waals surface area contributed by atoms with E-state index in [1.54, 1.807) is 0 Å². The van der Waals surface area contributed by atoms with Crippen LogP contribution in [0.15, 0.2) is 24.3 Å². The van der Waals surface area contributed by atoms with Gasteiger partial charge in [0, 0.05) is 12.6 Å². The number of nitrogens with two attached hydrogens (primary N) is 1. The zero-order valence-electron chi connectivity index (χ0n) is 12.8. The molecule has 0 bridgehead atoms. The van der Waals surface area contributed by atoms with Gasteiger partial charge in [-0.1, -0.05) is 25.3 Å². The van der Waals surface area contributed by atoms with Gasteiger partial charge in [0.15, 0.2) is 0 Å². The van der Waals surface area contributed by atoms with E-state index in [1.807, 2.05) is 24.3 Å². The molecule has 0 saturated heterocycles. The van der Waals surface area contributed by atoms with Gasteiger partial charge in [-0.15, -0.1) is 0 Å². The molecule has 2 N–H and O–H groups in total. The van der Waals surface area contributed by atoms with E-state index in [2.05, 4.69) is 0 Å². The summed E-state index contributed by atoms with van der Waals surface area (Å²) in [4.78, 5) is 0. The first kappa shape index (κ1) is 14.7. The molecule has 116 valence electrons. The molecular weight excluding hydrogens is 262 g/mol. The van der Waals surface area contributed by atoms with E-state index in [4.69, 9.17) is 15.2 Å². The molecule has 3 heteroatoms. The highest BCUT2D eigenvalue weighted by Crippen LogP contribution is 2.35. The molecule has 0 spiro atoms. The van der Waals surface area contributed by atoms with E-state index < -0.39 is 0 Å². The number of benzene rings is 1. The topological polar surface area (TPSA) is 44.5 Å². The molecule has 21 heavy (non-hydrogen) atoms. The molecular formula is C18H27NO2. The highest BCUT2D eigenvalue weighted by atomic mass is 16.5. The lowest BCUT2D eigenvalue weighted by atomic mass is 9.90. The summed E-state index contributed by atoms with van der Waals surface area (Å²) in [5, 5.41) is 0. The fourth-order valence-corrected chi connectivity index (χ4v) is 3.18. The van der Waals surface area contributed by atoms with Gasteiger partial charge in [-0.05, 0) is 49.7 Å². The van der Waals surface area contributed by atoms with Gasteiger partial charge in [-0.3, -0.25) is 0 Å². The lowest BCUT2D eigenvalue weighted by molar-refractivity contribution is 0.182. The predicted molar refractivity (Wildman–Crippen MR) is 84.7 cm³/mol. The smallest absolute Gasteiger partial charge is 0.123 e. The summed E-state index contributed by atoms with van der Waals surface area (Å²) >= 11 is 0. The molecule has 0 radical (unpaired) electrons. The van der Waals surface area contributed by atoms with Crippen molar-refractivity contribution >= 4 is 0 Å². The Hall–Kier alpha value is -1.22. The van der Waals surface area contributed by atoms with Crippen molar-refractivity contribution in [2.45, 2.75) is 51.0 Å². The maximum absolute atomic E-state index is 6.02. The second-order valence-electron chi connectivity index (χ2n) is 6.52. The van der Waals surface area contributed by atoms with Gasteiger partial charge in [-0.25, -0.2) is 0 Å². The Morgan fingerprint density at radius 2 is 1.81 bits per heavy atom. The Kier molecular flexibility index (Phi) is 5.02. The monoisotopic (exact) mass is 289 g/mol. The van der Waals surface area contributed by atoms with E-state index in [9.17, 15) is 0 Å². The van der Waals surface area contributed by atoms with Crippen LogP contribution in [-0.4, -0.2) is 19.3 Å². The van der Waals surface area contributed by atoms with Gasteiger partial charge in [0.25, 0.3) is 0 Å². The van der Waals surface area contributed by atoms with Crippen molar-refractivity contribution in [2.24, 2.45) is 17.6 Å². The van der Waals surface area contributed by atoms with E-state index in [0.717, 1.165) is 24.0 Å². The summed E-state index contributed by atoms with van der Waals surface area (Å²) < 4.78 is 12.0. The van der Waals surface area contributed by atoms with Crippen molar-refractivity contribution in [1.82, 2.24) is 0 Å². The van der Waals surface area contributed by atoms with Crippen molar-refractivity contribution in [1.29, 1.82) is 0 Å². The van der Waals surface area contributed by atoms with Crippen molar-refractivity contribution in [3.63, 3.8) is 0 Å². The molecule has 2 fully saturated rings. The zero-order chi connectivity index (χ0) is 14.5. The third-order valence-electron chi connectivity index (χ3n) is 4.68. The average molecular weight is 289 g/mol. The molecule has 3 nitrogen and oxygen atoms in total. The second kappa shape index (κ2) is 7.17. The molecule has 0 heterocycles. The van der Waals surface area contributed by atoms with Gasteiger partial charge in [0.05, 0.1) is 6.61 Å². The predicted octanol–water partition coefficient (Wildman–Crippen LogP) is 3.76. The number of hydrogen-bond acceptors (Lipinski definition) is 3. The molecule has 2 aliphatic carbocycles. The third-order valence-corrected chi connectivity index (χ3v) is 4.68. The van der Waals surface area contributed by atoms with Crippen LogP contribution < -0.4 is 15.2 Å². The van der Waals surface area contributed by atoms with Crippen LogP contribution in [0.25, 0.3) is 0 Å². The molecule has 1 aromatic rings. The molecule has 2 aliphatic rings. The highest BCUT2D eigenvalue weighted by Gasteiger charge is 2.31. The number of hydrogen-bond donors (Lipinski definition) is 1. The summed E-state index contributed by atoms with van der Waals surface area (Å²) in [6, 6.07) is 8.03. The van der Waals surface area contributed by atoms with Crippen molar-refractivity contribution < 1.29 is 9.47 Å². The van der Waals surface area contributed by atoms with Gasteiger partial charge in [-0.2, -0.15) is 0 Å². The van der Waals surface area contributed by atoms with E-state index in [1.165, 1.54) is 44.9 Å². The molecule has 1 unspecified atom stereocenters. The van der Waals surface area contributed by atoms with Crippen LogP contribution in [0.2, 0.25) is 0 Å². The van der Waals surface area contributed by atoms with Gasteiger partial charge < -0.3 is 15.2 Å². The van der Waals surface area contributed by atoms with Crippen LogP contribution >= 0.6 is 0 Å². The average Bonchev–Trinajstić information content (AvgIpc) is 3.37. The molecule has 1 aromatic carbocycles. The maximum atomic E-state index is 6.02. The SMILES string of the molecule is NCC(Oc1cccc(OCC2CCCCC2)c1)C1CC1. The molecule has 0 aliphatic heterocycles. The van der Waals surface area contributed by atoms with Crippen molar-refractivity contribution in [3.8, 4) is 11.5 Å². The van der Waals surface area contributed by atoms with Crippen molar-refractivity contribution in [3.05, 3.63) is 24.3 Å². The summed E-state index contributed by atoms with van der Waals surface area (Å²) in [5.74, 6) is 3.19. The van der Waals surface area contributed by atoms with Crippen LogP contribution in [0.4, 0.5) is 0 Å². The van der Waals surface area contributed by atoms with Crippen LogP contribution in [0.5, 0.6) is 11.5 Å². The quantitative estimate of drug-likeness (QED) is 0.831. The van der Waals surface area contributed by atoms with Gasteiger partial charge in [0.2, 0.25) is 0 Å². The largest absolute Gasteiger partial charge is 0.493 e. The number of rotatable bonds is 7. The summed E-state index contributed by atoms with van der Waals surface area (Å²) in [7, 11) is 0. The lowest BCUT2D eigenvalue weighted by Gasteiger charge is -2.22. The minimum Gasteiger partial charge on any atom is -0.493 e. The van der Waals surface area contributed by atoms with Crippen LogP contribution in [0.3, 0.4) is 0 Å². The minimum absolute atomic E-state index is 0.165. The van der Waals surface area contributed by atoms with E-state index >= 15 is 0 Å². The van der Waals surface area contributed by atoms with E-state index in [-0.39, 0.29) is 6.10 Å². The third kappa shape index (κ3) is 4.37. The molecule has 0 aromatic heterocycles. The Morgan fingerprint density at radius 1 is 1.05 bits per heavy atom. The maximum Gasteiger partial charge on any atom is 0.123 e. The standard InChI is InChI=1S/C18H27NO2/c19-12-18(15-9-10-15)21-17-8-4-7-16(11-17)20-13-14-5-2-1-3-6-14/h4,7-8,11,14-15,18H,1-3,5-6,9-10,12-13,19H2. The van der Waals surface area contributed by atoms with Crippen LogP contribution in [0.1, 0.15) is 44.9 Å². The Labute approximate surface area is 127 Å². The fourth-order valence-electron chi connectivity index (χ4n) is 3.18. The Morgan fingerprint density at radius 3 is 2.52 bits per heavy atom. The summed E-state index contributed by atoms with van der Waals surface area (Å²) in [6.07, 6.45) is 9.40. The first-order valence-corrected chi connectivity index (χ1v) is 8.45. The van der Waals surface area contributed by atoms with E-state index in [0.29, 0.717) is 12.5 Å². The normalized spacial score (nSPS) is 21.0. The van der Waals surface area contributed by atoms with Gasteiger partial charge >= 0.3 is 0 Å². The number of ether oxygens (including phenoxy) is 2. The van der Waals surface area contributed by atoms with Crippen LogP contribution in [0, 0.1) is 11.8 Å². The molecule has 0 amide bonds. The minimum atomic E-state index is 0.165. The second-order valence-corrected chi connectivity index (χ2v) is 6.52. The van der Waals surface area contributed by atoms with Crippen LogP contribution in [-0.2, 0) is 0 Å². The fraction of sp³-hybridized carbons (Fsp3) is 0.667. The lowest BCUT2D eigenvalue weighted by Crippen LogP contribution is -2.28. The molecule has 3 rings (SSSR count). The zero-order valence-corrected chi connectivity index (χ0v) is 12.8. The Bertz CT molecular complexity index is 439. The first-order chi connectivity index (χ1) is 10.3. The van der Waals surface area contributed by atoms with Gasteiger partial charge in [0.1, 0.15) is 17.6 Å².